The van der Waals surface area contributed by atoms with E-state index in [1.54, 1.807) is 0 Å². The molecule has 2 aromatic heterocycles. The van der Waals surface area contributed by atoms with Crippen LogP contribution in [0.15, 0.2) is 66.9 Å². The van der Waals surface area contributed by atoms with Crippen LogP contribution in [-0.2, 0) is 0 Å². The van der Waals surface area contributed by atoms with Crippen LogP contribution in [0.1, 0.15) is 23.3 Å². The number of likely N-dealkylation sites (tertiary alicyclic amines) is 1. The molecule has 30 heavy (non-hydrogen) atoms. The van der Waals surface area contributed by atoms with E-state index in [9.17, 15) is 4.79 Å². The number of benzene rings is 2. The molecule has 5 rings (SSSR count). The van der Waals surface area contributed by atoms with Crippen molar-refractivity contribution >= 4 is 40.8 Å². The Kier molecular flexibility index (Phi) is 5.80. The van der Waals surface area contributed by atoms with Crippen LogP contribution in [0.2, 0.25) is 5.02 Å². The fourth-order valence-electron chi connectivity index (χ4n) is 4.01. The van der Waals surface area contributed by atoms with Gasteiger partial charge >= 0.3 is 0 Å². The summed E-state index contributed by atoms with van der Waals surface area (Å²) in [6, 6.07) is 20.0. The molecule has 1 N–H and O–H groups in total. The van der Waals surface area contributed by atoms with Gasteiger partial charge in [0.2, 0.25) is 0 Å². The second-order valence-corrected chi connectivity index (χ2v) is 7.71. The van der Waals surface area contributed by atoms with Crippen LogP contribution in [0.5, 0.6) is 0 Å². The zero-order chi connectivity index (χ0) is 19.8. The monoisotopic (exact) mass is 437 g/mol. The molecule has 2 aromatic carbocycles. The number of nitrogens with one attached hydrogen (secondary N) is 1. The van der Waals surface area contributed by atoms with Crippen LogP contribution in [0.25, 0.3) is 33.3 Å². The first kappa shape index (κ1) is 20.5. The number of pyridine rings is 1. The molecule has 1 amide bonds. The summed E-state index contributed by atoms with van der Waals surface area (Å²) < 4.78 is 0. The standard InChI is InChI=1S/C24H20ClN3O.ClH/c25-22-21(16-8-2-1-3-9-16)18-10-4-5-11-19(18)27-23(22)17-14-20(26-15-17)24(29)28-12-6-7-13-28;/h1-5,8-11,14-15,26H,6-7,12-13H2;1H. The minimum atomic E-state index is 0. The molecule has 3 heterocycles. The predicted octanol–water partition coefficient (Wildman–Crippen LogP) is 6.21. The van der Waals surface area contributed by atoms with E-state index in [1.807, 2.05) is 59.6 Å². The van der Waals surface area contributed by atoms with Gasteiger partial charge in [0, 0.05) is 35.8 Å². The predicted molar refractivity (Wildman–Crippen MR) is 124 cm³/mol. The Morgan fingerprint density at radius 3 is 2.43 bits per heavy atom. The van der Waals surface area contributed by atoms with Crippen molar-refractivity contribution in [2.24, 2.45) is 0 Å². The minimum absolute atomic E-state index is 0. The normalized spacial score (nSPS) is 13.4. The van der Waals surface area contributed by atoms with Gasteiger partial charge in [-0.05, 0) is 30.5 Å². The molecule has 0 bridgehead atoms. The summed E-state index contributed by atoms with van der Waals surface area (Å²) in [6.07, 6.45) is 3.96. The van der Waals surface area contributed by atoms with E-state index in [0.717, 1.165) is 53.5 Å². The lowest BCUT2D eigenvalue weighted by Gasteiger charge is -2.14. The number of rotatable bonds is 3. The SMILES string of the molecule is Cl.O=C(c1cc(-c2nc3ccccc3c(-c3ccccc3)c2Cl)c[nH]1)N1CCCC1. The lowest BCUT2D eigenvalue weighted by Crippen LogP contribution is -2.27. The molecule has 0 spiro atoms. The Bertz CT molecular complexity index is 1200. The maximum atomic E-state index is 12.7. The van der Waals surface area contributed by atoms with Crippen molar-refractivity contribution < 1.29 is 4.79 Å². The number of amides is 1. The topological polar surface area (TPSA) is 49.0 Å². The summed E-state index contributed by atoms with van der Waals surface area (Å²) in [5.41, 5.74) is 4.96. The summed E-state index contributed by atoms with van der Waals surface area (Å²) in [4.78, 5) is 22.6. The van der Waals surface area contributed by atoms with E-state index in [0.29, 0.717) is 16.4 Å². The molecule has 1 saturated heterocycles. The van der Waals surface area contributed by atoms with E-state index >= 15 is 0 Å². The molecule has 1 aliphatic rings. The zero-order valence-corrected chi connectivity index (χ0v) is 17.8. The fraction of sp³-hybridized carbons (Fsp3) is 0.167. The maximum absolute atomic E-state index is 12.7. The van der Waals surface area contributed by atoms with Crippen LogP contribution >= 0.6 is 24.0 Å². The van der Waals surface area contributed by atoms with Gasteiger partial charge in [-0.15, -0.1) is 12.4 Å². The molecule has 0 unspecified atom stereocenters. The van der Waals surface area contributed by atoms with E-state index < -0.39 is 0 Å². The van der Waals surface area contributed by atoms with Gasteiger partial charge in [0.05, 0.1) is 16.2 Å². The van der Waals surface area contributed by atoms with Crippen molar-refractivity contribution in [3.05, 3.63) is 77.6 Å². The Labute approximate surface area is 186 Å². The number of hydrogen-bond acceptors (Lipinski definition) is 2. The van der Waals surface area contributed by atoms with Crippen LogP contribution in [0, 0.1) is 0 Å². The first-order valence-corrected chi connectivity index (χ1v) is 10.2. The quantitative estimate of drug-likeness (QED) is 0.414. The number of fused-ring (bicyclic) bond motifs is 1. The largest absolute Gasteiger partial charge is 0.357 e. The second kappa shape index (κ2) is 8.50. The Morgan fingerprint density at radius 2 is 1.67 bits per heavy atom. The second-order valence-electron chi connectivity index (χ2n) is 7.33. The summed E-state index contributed by atoms with van der Waals surface area (Å²) >= 11 is 6.90. The number of hydrogen-bond donors (Lipinski definition) is 1. The van der Waals surface area contributed by atoms with Crippen molar-refractivity contribution in [1.82, 2.24) is 14.9 Å². The van der Waals surface area contributed by atoms with Crippen molar-refractivity contribution in [2.45, 2.75) is 12.8 Å². The summed E-state index contributed by atoms with van der Waals surface area (Å²) in [5.74, 6) is 0.0361. The number of carbonyl (C=O) groups is 1. The van der Waals surface area contributed by atoms with E-state index in [4.69, 9.17) is 16.6 Å². The smallest absolute Gasteiger partial charge is 0.270 e. The van der Waals surface area contributed by atoms with Crippen LogP contribution in [0.4, 0.5) is 0 Å². The average Bonchev–Trinajstić information content (AvgIpc) is 3.46. The van der Waals surface area contributed by atoms with E-state index in [1.165, 1.54) is 0 Å². The highest BCUT2D eigenvalue weighted by molar-refractivity contribution is 6.37. The maximum Gasteiger partial charge on any atom is 0.270 e. The minimum Gasteiger partial charge on any atom is -0.357 e. The summed E-state index contributed by atoms with van der Waals surface area (Å²) in [7, 11) is 0. The van der Waals surface area contributed by atoms with Gasteiger partial charge in [-0.1, -0.05) is 60.1 Å². The van der Waals surface area contributed by atoms with E-state index in [2.05, 4.69) is 17.1 Å². The molecular weight excluding hydrogens is 417 g/mol. The molecule has 6 heteroatoms. The number of aromatic nitrogens is 2. The van der Waals surface area contributed by atoms with Crippen LogP contribution in [-0.4, -0.2) is 33.9 Å². The number of aromatic amines is 1. The molecular formula is C24H21Cl2N3O. The molecule has 152 valence electrons. The summed E-state index contributed by atoms with van der Waals surface area (Å²) in [5, 5.41) is 1.60. The van der Waals surface area contributed by atoms with Gasteiger partial charge in [-0.2, -0.15) is 0 Å². The lowest BCUT2D eigenvalue weighted by molar-refractivity contribution is 0.0788. The van der Waals surface area contributed by atoms with Crippen LogP contribution in [0.3, 0.4) is 0 Å². The average molecular weight is 438 g/mol. The molecule has 0 radical (unpaired) electrons. The highest BCUT2D eigenvalue weighted by atomic mass is 35.5. The van der Waals surface area contributed by atoms with Gasteiger partial charge in [-0.3, -0.25) is 4.79 Å². The van der Waals surface area contributed by atoms with Crippen molar-refractivity contribution in [2.75, 3.05) is 13.1 Å². The molecule has 4 nitrogen and oxygen atoms in total. The van der Waals surface area contributed by atoms with Gasteiger partial charge in [0.25, 0.3) is 5.91 Å². The van der Waals surface area contributed by atoms with Crippen molar-refractivity contribution in [3.63, 3.8) is 0 Å². The number of halogens is 2. The number of nitrogens with zero attached hydrogens (tertiary/aromatic N) is 2. The lowest BCUT2D eigenvalue weighted by atomic mass is 9.98. The number of carbonyl (C=O) groups excluding carboxylic acids is 1. The van der Waals surface area contributed by atoms with Crippen molar-refractivity contribution in [1.29, 1.82) is 0 Å². The molecule has 1 fully saturated rings. The summed E-state index contributed by atoms with van der Waals surface area (Å²) in [6.45, 7) is 1.64. The number of H-pyrrole nitrogens is 1. The zero-order valence-electron chi connectivity index (χ0n) is 16.3. The highest BCUT2D eigenvalue weighted by Crippen LogP contribution is 2.40. The van der Waals surface area contributed by atoms with Gasteiger partial charge in [0.15, 0.2) is 0 Å². The highest BCUT2D eigenvalue weighted by Gasteiger charge is 2.22. The molecule has 4 aromatic rings. The van der Waals surface area contributed by atoms with Crippen molar-refractivity contribution in [3.8, 4) is 22.4 Å². The molecule has 0 atom stereocenters. The third kappa shape index (κ3) is 3.57. The molecule has 0 aliphatic carbocycles. The van der Waals surface area contributed by atoms with Gasteiger partial charge < -0.3 is 9.88 Å². The molecule has 0 saturated carbocycles. The Hall–Kier alpha value is -2.82. The van der Waals surface area contributed by atoms with Gasteiger partial charge in [0.1, 0.15) is 5.69 Å². The first-order valence-electron chi connectivity index (χ1n) is 9.84. The first-order chi connectivity index (χ1) is 14.2. The fourth-order valence-corrected chi connectivity index (χ4v) is 4.37. The third-order valence-corrected chi connectivity index (χ3v) is 5.84. The van der Waals surface area contributed by atoms with Gasteiger partial charge in [-0.25, -0.2) is 4.98 Å². The van der Waals surface area contributed by atoms with Crippen LogP contribution < -0.4 is 0 Å². The molecule has 1 aliphatic heterocycles. The number of para-hydroxylation sites is 1. The Morgan fingerprint density at radius 1 is 0.967 bits per heavy atom. The Balaban J connectivity index is 0.00000218. The van der Waals surface area contributed by atoms with E-state index in [-0.39, 0.29) is 18.3 Å². The third-order valence-electron chi connectivity index (χ3n) is 5.48.